The molecule has 6 rings (SSSR count). The molecule has 0 saturated heterocycles. The number of ether oxygens (including phenoxy) is 1. The SMILES string of the molecule is Cc1ccccc1OCc1csc(C(=O)NC23CC4CC(CC(C4)C2)C3)c1. The molecule has 1 heterocycles. The van der Waals surface area contributed by atoms with Crippen LogP contribution in [0, 0.1) is 24.7 Å². The molecule has 1 aromatic carbocycles. The fraction of sp³-hybridized carbons (Fsp3) is 0.522. The van der Waals surface area contributed by atoms with E-state index in [4.69, 9.17) is 4.74 Å². The van der Waals surface area contributed by atoms with E-state index in [9.17, 15) is 4.79 Å². The molecule has 1 N–H and O–H groups in total. The average molecular weight is 382 g/mol. The van der Waals surface area contributed by atoms with Crippen molar-refractivity contribution >= 4 is 17.2 Å². The van der Waals surface area contributed by atoms with Gasteiger partial charge in [-0.05, 0) is 86.3 Å². The lowest BCUT2D eigenvalue weighted by molar-refractivity contribution is -0.0166. The number of rotatable bonds is 5. The van der Waals surface area contributed by atoms with E-state index in [1.54, 1.807) is 0 Å². The third-order valence-corrected chi connectivity index (χ3v) is 7.76. The Hall–Kier alpha value is -1.81. The lowest BCUT2D eigenvalue weighted by atomic mass is 9.53. The summed E-state index contributed by atoms with van der Waals surface area (Å²) in [6, 6.07) is 10.0. The van der Waals surface area contributed by atoms with Crippen molar-refractivity contribution in [3.05, 3.63) is 51.7 Å². The van der Waals surface area contributed by atoms with E-state index in [2.05, 4.69) is 5.32 Å². The van der Waals surface area contributed by atoms with Crippen molar-refractivity contribution in [2.45, 2.75) is 57.6 Å². The first kappa shape index (κ1) is 17.3. The van der Waals surface area contributed by atoms with Gasteiger partial charge in [-0.15, -0.1) is 11.3 Å². The predicted molar refractivity (Wildman–Crippen MR) is 108 cm³/mol. The van der Waals surface area contributed by atoms with E-state index in [-0.39, 0.29) is 11.4 Å². The minimum atomic E-state index is 0.0770. The Balaban J connectivity index is 1.23. The van der Waals surface area contributed by atoms with E-state index in [0.717, 1.165) is 39.5 Å². The van der Waals surface area contributed by atoms with Crippen molar-refractivity contribution in [2.75, 3.05) is 0 Å². The number of hydrogen-bond donors (Lipinski definition) is 1. The standard InChI is InChI=1S/C23H27NO2S/c1-15-4-2-3-5-20(15)26-13-19-9-21(27-14-19)22(25)24-23-10-16-6-17(11-23)8-18(7-16)12-23/h2-5,9,14,16-18H,6-8,10-13H2,1H3,(H,24,25). The largest absolute Gasteiger partial charge is 0.489 e. The van der Waals surface area contributed by atoms with Gasteiger partial charge in [0.2, 0.25) is 0 Å². The molecular weight excluding hydrogens is 354 g/mol. The van der Waals surface area contributed by atoms with Crippen molar-refractivity contribution in [3.63, 3.8) is 0 Å². The molecule has 4 saturated carbocycles. The molecular formula is C23H27NO2S. The van der Waals surface area contributed by atoms with Crippen LogP contribution in [-0.2, 0) is 6.61 Å². The van der Waals surface area contributed by atoms with Gasteiger partial charge in [0.15, 0.2) is 0 Å². The summed E-state index contributed by atoms with van der Waals surface area (Å²) in [6.07, 6.45) is 7.77. The Morgan fingerprint density at radius 3 is 2.48 bits per heavy atom. The molecule has 0 atom stereocenters. The summed E-state index contributed by atoms with van der Waals surface area (Å²) < 4.78 is 5.92. The molecule has 142 valence electrons. The molecule has 4 aliphatic rings. The third-order valence-electron chi connectivity index (χ3n) is 6.78. The van der Waals surface area contributed by atoms with Crippen LogP contribution in [-0.4, -0.2) is 11.4 Å². The summed E-state index contributed by atoms with van der Waals surface area (Å²) >= 11 is 1.53. The first-order chi connectivity index (χ1) is 13.1. The molecule has 0 spiro atoms. The predicted octanol–water partition coefficient (Wildman–Crippen LogP) is 5.33. The van der Waals surface area contributed by atoms with Crippen LogP contribution in [0.5, 0.6) is 5.75 Å². The normalized spacial score (nSPS) is 31.1. The molecule has 4 fully saturated rings. The zero-order valence-corrected chi connectivity index (χ0v) is 16.7. The van der Waals surface area contributed by atoms with Crippen molar-refractivity contribution in [2.24, 2.45) is 17.8 Å². The molecule has 0 radical (unpaired) electrons. The molecule has 1 amide bonds. The highest BCUT2D eigenvalue weighted by Gasteiger charge is 2.51. The average Bonchev–Trinajstić information content (AvgIpc) is 3.09. The van der Waals surface area contributed by atoms with Crippen molar-refractivity contribution in [1.82, 2.24) is 5.32 Å². The monoisotopic (exact) mass is 381 g/mol. The van der Waals surface area contributed by atoms with Gasteiger partial charge in [0.05, 0.1) is 4.88 Å². The van der Waals surface area contributed by atoms with Crippen molar-refractivity contribution < 1.29 is 9.53 Å². The van der Waals surface area contributed by atoms with E-state index < -0.39 is 0 Å². The van der Waals surface area contributed by atoms with Gasteiger partial charge in [0, 0.05) is 11.1 Å². The molecule has 4 heteroatoms. The number of aryl methyl sites for hydroxylation is 1. The zero-order valence-electron chi connectivity index (χ0n) is 15.9. The molecule has 3 nitrogen and oxygen atoms in total. The number of hydrogen-bond acceptors (Lipinski definition) is 3. The minimum absolute atomic E-state index is 0.0770. The topological polar surface area (TPSA) is 38.3 Å². The Morgan fingerprint density at radius 2 is 1.81 bits per heavy atom. The van der Waals surface area contributed by atoms with Gasteiger partial charge in [0.25, 0.3) is 5.91 Å². The second kappa shape index (κ2) is 6.66. The van der Waals surface area contributed by atoms with Crippen molar-refractivity contribution in [1.29, 1.82) is 0 Å². The second-order valence-electron chi connectivity index (χ2n) is 9.03. The van der Waals surface area contributed by atoms with Gasteiger partial charge < -0.3 is 10.1 Å². The number of carbonyl (C=O) groups is 1. The maximum atomic E-state index is 12.9. The molecule has 4 bridgehead atoms. The minimum Gasteiger partial charge on any atom is -0.489 e. The van der Waals surface area contributed by atoms with Gasteiger partial charge in [-0.1, -0.05) is 18.2 Å². The summed E-state index contributed by atoms with van der Waals surface area (Å²) in [5.41, 5.74) is 2.28. The van der Waals surface area contributed by atoms with Crippen LogP contribution in [0.25, 0.3) is 0 Å². The van der Waals surface area contributed by atoms with Crippen LogP contribution in [0.3, 0.4) is 0 Å². The smallest absolute Gasteiger partial charge is 0.261 e. The van der Waals surface area contributed by atoms with Gasteiger partial charge in [0.1, 0.15) is 12.4 Å². The highest BCUT2D eigenvalue weighted by Crippen LogP contribution is 2.55. The van der Waals surface area contributed by atoms with Crippen LogP contribution < -0.4 is 10.1 Å². The first-order valence-electron chi connectivity index (χ1n) is 10.2. The van der Waals surface area contributed by atoms with E-state index in [1.807, 2.05) is 42.6 Å². The summed E-state index contributed by atoms with van der Waals surface area (Å²) in [6.45, 7) is 2.55. The fourth-order valence-electron chi connectivity index (χ4n) is 6.02. The van der Waals surface area contributed by atoms with Gasteiger partial charge in [-0.3, -0.25) is 4.79 Å². The summed E-state index contributed by atoms with van der Waals surface area (Å²) in [5.74, 6) is 3.56. The molecule has 0 aliphatic heterocycles. The van der Waals surface area contributed by atoms with Gasteiger partial charge in [-0.2, -0.15) is 0 Å². The summed E-state index contributed by atoms with van der Waals surface area (Å²) in [4.78, 5) is 13.7. The number of amides is 1. The van der Waals surface area contributed by atoms with E-state index >= 15 is 0 Å². The Labute approximate surface area is 165 Å². The highest BCUT2D eigenvalue weighted by atomic mass is 32.1. The van der Waals surface area contributed by atoms with E-state index in [1.165, 1.54) is 49.9 Å². The van der Waals surface area contributed by atoms with Crippen LogP contribution in [0.2, 0.25) is 0 Å². The number of carbonyl (C=O) groups excluding carboxylic acids is 1. The number of benzene rings is 1. The van der Waals surface area contributed by atoms with Crippen molar-refractivity contribution in [3.8, 4) is 5.75 Å². The second-order valence-corrected chi connectivity index (χ2v) is 9.94. The van der Waals surface area contributed by atoms with Gasteiger partial charge >= 0.3 is 0 Å². The maximum Gasteiger partial charge on any atom is 0.261 e. The van der Waals surface area contributed by atoms with Crippen LogP contribution in [0.15, 0.2) is 35.7 Å². The summed E-state index contributed by atoms with van der Waals surface area (Å²) in [7, 11) is 0. The molecule has 1 aromatic heterocycles. The number of thiophene rings is 1. The van der Waals surface area contributed by atoms with Crippen LogP contribution >= 0.6 is 11.3 Å². The van der Waals surface area contributed by atoms with Crippen LogP contribution in [0.1, 0.15) is 59.3 Å². The zero-order chi connectivity index (χ0) is 18.4. The maximum absolute atomic E-state index is 12.9. The molecule has 2 aromatic rings. The fourth-order valence-corrected chi connectivity index (χ4v) is 6.81. The molecule has 27 heavy (non-hydrogen) atoms. The molecule has 0 unspecified atom stereocenters. The lowest BCUT2D eigenvalue weighted by Gasteiger charge is -2.56. The Bertz CT molecular complexity index is 820. The quantitative estimate of drug-likeness (QED) is 0.760. The Morgan fingerprint density at radius 1 is 1.15 bits per heavy atom. The number of nitrogens with one attached hydrogen (secondary N) is 1. The van der Waals surface area contributed by atoms with E-state index in [0.29, 0.717) is 6.61 Å². The van der Waals surface area contributed by atoms with Gasteiger partial charge in [-0.25, -0.2) is 0 Å². The highest BCUT2D eigenvalue weighted by molar-refractivity contribution is 7.12. The Kier molecular flexibility index (Phi) is 4.27. The summed E-state index contributed by atoms with van der Waals surface area (Å²) in [5, 5.41) is 5.52. The lowest BCUT2D eigenvalue weighted by Crippen LogP contribution is -2.59. The van der Waals surface area contributed by atoms with Crippen LogP contribution in [0.4, 0.5) is 0 Å². The third kappa shape index (κ3) is 3.40. The number of para-hydroxylation sites is 1. The molecule has 4 aliphatic carbocycles. The first-order valence-corrected chi connectivity index (χ1v) is 11.0.